The fourth-order valence-corrected chi connectivity index (χ4v) is 0.822. The summed E-state index contributed by atoms with van der Waals surface area (Å²) in [5.74, 6) is -4.80. The predicted molar refractivity (Wildman–Crippen MR) is 32.7 cm³/mol. The zero-order valence-corrected chi connectivity index (χ0v) is 5.36. The molecule has 0 radical (unpaired) electrons. The Morgan fingerprint density at radius 2 is 1.10 bits per heavy atom. The molecule has 1 rings (SSSR count). The first-order valence-corrected chi connectivity index (χ1v) is 3.00. The van der Waals surface area contributed by atoms with Gasteiger partial charge < -0.3 is 20.4 Å². The van der Waals surface area contributed by atoms with E-state index in [1.165, 1.54) is 12.2 Å². The van der Waals surface area contributed by atoms with E-state index in [0.29, 0.717) is 0 Å². The van der Waals surface area contributed by atoms with E-state index in [0.717, 1.165) is 0 Å². The average Bonchev–Trinajstić information content (AvgIpc) is 1.77. The van der Waals surface area contributed by atoms with Crippen LogP contribution in [-0.4, -0.2) is 32.0 Å². The van der Waals surface area contributed by atoms with E-state index < -0.39 is 11.6 Å². The van der Waals surface area contributed by atoms with Crippen molar-refractivity contribution in [3.05, 3.63) is 12.2 Å². The lowest BCUT2D eigenvalue weighted by Gasteiger charge is -2.35. The maximum atomic E-state index is 8.91. The summed E-state index contributed by atoms with van der Waals surface area (Å²) in [6.45, 7) is 0. The minimum Gasteiger partial charge on any atom is -0.361 e. The van der Waals surface area contributed by atoms with Crippen LogP contribution in [0.5, 0.6) is 0 Å². The molecule has 1 aliphatic rings. The van der Waals surface area contributed by atoms with Gasteiger partial charge in [0.15, 0.2) is 0 Å². The highest BCUT2D eigenvalue weighted by Gasteiger charge is 2.46. The molecule has 0 aliphatic heterocycles. The summed E-state index contributed by atoms with van der Waals surface area (Å²) < 4.78 is 0. The number of hydrogen-bond acceptors (Lipinski definition) is 4. The second-order valence-electron chi connectivity index (χ2n) is 2.51. The van der Waals surface area contributed by atoms with Crippen molar-refractivity contribution in [3.8, 4) is 0 Å². The summed E-state index contributed by atoms with van der Waals surface area (Å²) in [5, 5.41) is 35.6. The third-order valence-electron chi connectivity index (χ3n) is 1.61. The Kier molecular flexibility index (Phi) is 1.56. The Labute approximate surface area is 58.0 Å². The summed E-state index contributed by atoms with van der Waals surface area (Å²) in [5.41, 5.74) is 0. The lowest BCUT2D eigenvalue weighted by atomic mass is 9.94. The van der Waals surface area contributed by atoms with E-state index in [1.54, 1.807) is 0 Å². The third-order valence-corrected chi connectivity index (χ3v) is 1.61. The van der Waals surface area contributed by atoms with Gasteiger partial charge in [-0.1, -0.05) is 12.2 Å². The monoisotopic (exact) mass is 146 g/mol. The highest BCUT2D eigenvalue weighted by Crippen LogP contribution is 2.28. The average molecular weight is 146 g/mol. The topological polar surface area (TPSA) is 80.9 Å². The van der Waals surface area contributed by atoms with Gasteiger partial charge in [-0.05, 0) is 0 Å². The minimum atomic E-state index is -2.40. The van der Waals surface area contributed by atoms with Gasteiger partial charge in [0.2, 0.25) is 11.6 Å². The summed E-state index contributed by atoms with van der Waals surface area (Å²) in [6.07, 6.45) is 2.68. The van der Waals surface area contributed by atoms with Crippen LogP contribution in [0.25, 0.3) is 0 Å². The van der Waals surface area contributed by atoms with Crippen LogP contribution in [0, 0.1) is 0 Å². The van der Waals surface area contributed by atoms with E-state index in [-0.39, 0.29) is 12.8 Å². The van der Waals surface area contributed by atoms with Crippen LogP contribution in [-0.2, 0) is 0 Å². The molecule has 0 atom stereocenters. The molecule has 58 valence electrons. The van der Waals surface area contributed by atoms with Crippen LogP contribution in [0.3, 0.4) is 0 Å². The van der Waals surface area contributed by atoms with Crippen molar-refractivity contribution in [1.29, 1.82) is 0 Å². The van der Waals surface area contributed by atoms with Crippen molar-refractivity contribution in [1.82, 2.24) is 0 Å². The molecule has 10 heavy (non-hydrogen) atoms. The minimum absolute atomic E-state index is 0.153. The third kappa shape index (κ3) is 1.06. The summed E-state index contributed by atoms with van der Waals surface area (Å²) >= 11 is 0. The van der Waals surface area contributed by atoms with Crippen molar-refractivity contribution in [2.45, 2.75) is 24.4 Å². The number of rotatable bonds is 0. The quantitative estimate of drug-likeness (QED) is 0.253. The van der Waals surface area contributed by atoms with Crippen LogP contribution in [0.4, 0.5) is 0 Å². The van der Waals surface area contributed by atoms with E-state index >= 15 is 0 Å². The smallest absolute Gasteiger partial charge is 0.222 e. The number of aliphatic hydroxyl groups is 4. The molecule has 4 N–H and O–H groups in total. The van der Waals surface area contributed by atoms with Crippen LogP contribution in [0.2, 0.25) is 0 Å². The first kappa shape index (κ1) is 7.68. The molecule has 4 heteroatoms. The standard InChI is InChI=1S/C6H10O4/c7-5(8)3-1-2-4-6(5,9)10/h1-2,7-10H,3-4H2. The van der Waals surface area contributed by atoms with Gasteiger partial charge in [-0.15, -0.1) is 0 Å². The Morgan fingerprint density at radius 1 is 0.800 bits per heavy atom. The summed E-state index contributed by atoms with van der Waals surface area (Å²) in [7, 11) is 0. The molecule has 1 aliphatic carbocycles. The molecular weight excluding hydrogens is 136 g/mol. The normalized spacial score (nSPS) is 28.4. The SMILES string of the molecule is OC1(O)CC=CCC1(O)O. The lowest BCUT2D eigenvalue weighted by molar-refractivity contribution is -0.356. The van der Waals surface area contributed by atoms with Crippen molar-refractivity contribution in [3.63, 3.8) is 0 Å². The van der Waals surface area contributed by atoms with E-state index in [2.05, 4.69) is 0 Å². The van der Waals surface area contributed by atoms with Crippen molar-refractivity contribution < 1.29 is 20.4 Å². The first-order valence-electron chi connectivity index (χ1n) is 3.00. The molecular formula is C6H10O4. The van der Waals surface area contributed by atoms with Crippen molar-refractivity contribution in [2.75, 3.05) is 0 Å². The molecule has 0 saturated carbocycles. The molecule has 0 fully saturated rings. The Hall–Kier alpha value is -0.420. The van der Waals surface area contributed by atoms with E-state index in [4.69, 9.17) is 20.4 Å². The van der Waals surface area contributed by atoms with Crippen molar-refractivity contribution in [2.24, 2.45) is 0 Å². The Balaban J connectivity index is 2.84. The molecule has 0 saturated heterocycles. The first-order chi connectivity index (χ1) is 4.46. The molecule has 0 heterocycles. The Bertz CT molecular complexity index is 141. The highest BCUT2D eigenvalue weighted by atomic mass is 16.6. The molecule has 0 unspecified atom stereocenters. The van der Waals surface area contributed by atoms with Crippen LogP contribution in [0.1, 0.15) is 12.8 Å². The molecule has 0 bridgehead atoms. The van der Waals surface area contributed by atoms with Crippen LogP contribution >= 0.6 is 0 Å². The van der Waals surface area contributed by atoms with Gasteiger partial charge in [0.05, 0.1) is 0 Å². The maximum Gasteiger partial charge on any atom is 0.222 e. The van der Waals surface area contributed by atoms with Crippen LogP contribution < -0.4 is 0 Å². The molecule has 0 spiro atoms. The Morgan fingerprint density at radius 3 is 1.30 bits per heavy atom. The fraction of sp³-hybridized carbons (Fsp3) is 0.667. The second kappa shape index (κ2) is 2.03. The van der Waals surface area contributed by atoms with Crippen molar-refractivity contribution >= 4 is 0 Å². The van der Waals surface area contributed by atoms with Gasteiger partial charge in [0, 0.05) is 12.8 Å². The summed E-state index contributed by atoms with van der Waals surface area (Å²) in [4.78, 5) is 0. The second-order valence-corrected chi connectivity index (χ2v) is 2.51. The largest absolute Gasteiger partial charge is 0.361 e. The molecule has 0 amide bonds. The zero-order valence-electron chi connectivity index (χ0n) is 5.36. The predicted octanol–water partition coefficient (Wildman–Crippen LogP) is -1.30. The highest BCUT2D eigenvalue weighted by molar-refractivity contribution is 5.02. The maximum absolute atomic E-state index is 8.91. The lowest BCUT2D eigenvalue weighted by Crippen LogP contribution is -2.55. The molecule has 4 nitrogen and oxygen atoms in total. The molecule has 0 aromatic heterocycles. The van der Waals surface area contributed by atoms with Gasteiger partial charge in [0.25, 0.3) is 0 Å². The van der Waals surface area contributed by atoms with Gasteiger partial charge in [0.1, 0.15) is 0 Å². The molecule has 0 aromatic carbocycles. The fourth-order valence-electron chi connectivity index (χ4n) is 0.822. The van der Waals surface area contributed by atoms with Gasteiger partial charge >= 0.3 is 0 Å². The zero-order chi connectivity index (χ0) is 7.83. The molecule has 0 aromatic rings. The van der Waals surface area contributed by atoms with Crippen LogP contribution in [0.15, 0.2) is 12.2 Å². The van der Waals surface area contributed by atoms with Gasteiger partial charge in [-0.3, -0.25) is 0 Å². The summed E-state index contributed by atoms with van der Waals surface area (Å²) in [6, 6.07) is 0. The van der Waals surface area contributed by atoms with Gasteiger partial charge in [-0.2, -0.15) is 0 Å². The van der Waals surface area contributed by atoms with Gasteiger partial charge in [-0.25, -0.2) is 0 Å². The number of hydrogen-bond donors (Lipinski definition) is 4. The van der Waals surface area contributed by atoms with E-state index in [1.807, 2.05) is 0 Å². The van der Waals surface area contributed by atoms with E-state index in [9.17, 15) is 0 Å².